The van der Waals surface area contributed by atoms with Crippen molar-refractivity contribution in [2.45, 2.75) is 12.8 Å². The number of nitrogens with zero attached hydrogens (tertiary/aromatic N) is 3. The fourth-order valence-corrected chi connectivity index (χ4v) is 3.55. The minimum Gasteiger partial charge on any atom is -0.497 e. The number of pyridine rings is 1. The summed E-state index contributed by atoms with van der Waals surface area (Å²) in [7, 11) is 1.68. The molecule has 0 aliphatic heterocycles. The van der Waals surface area contributed by atoms with E-state index in [2.05, 4.69) is 50.0 Å². The van der Waals surface area contributed by atoms with Crippen molar-refractivity contribution in [3.8, 4) is 16.3 Å². The van der Waals surface area contributed by atoms with Gasteiger partial charge in [-0.25, -0.2) is 0 Å². The van der Waals surface area contributed by atoms with Crippen molar-refractivity contribution in [2.75, 3.05) is 19.0 Å². The molecule has 0 aliphatic rings. The van der Waals surface area contributed by atoms with Gasteiger partial charge in [-0.15, -0.1) is 0 Å². The first-order valence-corrected chi connectivity index (χ1v) is 9.64. The van der Waals surface area contributed by atoms with Crippen molar-refractivity contribution in [1.29, 1.82) is 0 Å². The monoisotopic (exact) mass is 376 g/mol. The molecular weight excluding hydrogens is 356 g/mol. The summed E-state index contributed by atoms with van der Waals surface area (Å²) in [6.07, 6.45) is 5.70. The minimum absolute atomic E-state index is 0.694. The third-order valence-electron chi connectivity index (χ3n) is 4.40. The van der Waals surface area contributed by atoms with Gasteiger partial charge in [-0.3, -0.25) is 4.98 Å². The summed E-state index contributed by atoms with van der Waals surface area (Å²) >= 11 is 1.42. The lowest BCUT2D eigenvalue weighted by Crippen LogP contribution is -2.04. The van der Waals surface area contributed by atoms with Gasteiger partial charge >= 0.3 is 0 Å². The molecule has 6 heteroatoms. The molecular formula is C21H20N4OS. The van der Waals surface area contributed by atoms with Gasteiger partial charge in [-0.1, -0.05) is 24.3 Å². The van der Waals surface area contributed by atoms with Crippen LogP contribution in [0.25, 0.3) is 21.3 Å². The van der Waals surface area contributed by atoms with E-state index >= 15 is 0 Å². The van der Waals surface area contributed by atoms with Crippen LogP contribution >= 0.6 is 11.5 Å². The molecule has 0 amide bonds. The van der Waals surface area contributed by atoms with E-state index in [0.717, 1.165) is 46.5 Å². The Morgan fingerprint density at radius 2 is 1.93 bits per heavy atom. The van der Waals surface area contributed by atoms with E-state index in [0.29, 0.717) is 5.95 Å². The van der Waals surface area contributed by atoms with Gasteiger partial charge < -0.3 is 10.1 Å². The van der Waals surface area contributed by atoms with Gasteiger partial charge in [-0.05, 0) is 59.6 Å². The fourth-order valence-electron chi connectivity index (χ4n) is 2.91. The Morgan fingerprint density at radius 3 is 2.78 bits per heavy atom. The number of rotatable bonds is 7. The maximum atomic E-state index is 5.18. The van der Waals surface area contributed by atoms with Crippen molar-refractivity contribution >= 4 is 28.3 Å². The smallest absolute Gasteiger partial charge is 0.235 e. The summed E-state index contributed by atoms with van der Waals surface area (Å²) in [5.41, 5.74) is 2.38. The first kappa shape index (κ1) is 17.4. The SMILES string of the molecule is COc1ccc(CCCNc2nsc(-c3ccc4cnccc4c3)n2)cc1. The van der Waals surface area contributed by atoms with Crippen molar-refractivity contribution < 1.29 is 4.74 Å². The lowest BCUT2D eigenvalue weighted by molar-refractivity contribution is 0.414. The standard InChI is InChI=1S/C21H20N4OS/c1-26-19-8-4-15(5-9-19)3-2-11-23-21-24-20(27-25-21)17-6-7-18-14-22-12-10-16(18)13-17/h4-10,12-14H,2-3,11H2,1H3,(H,23,25). The highest BCUT2D eigenvalue weighted by Crippen LogP contribution is 2.26. The van der Waals surface area contributed by atoms with Crippen LogP contribution in [0, 0.1) is 0 Å². The molecule has 0 saturated heterocycles. The number of benzene rings is 2. The van der Waals surface area contributed by atoms with E-state index in [1.165, 1.54) is 17.1 Å². The number of aryl methyl sites for hydroxylation is 1. The molecule has 136 valence electrons. The lowest BCUT2D eigenvalue weighted by Gasteiger charge is -2.04. The summed E-state index contributed by atoms with van der Waals surface area (Å²) in [4.78, 5) is 8.77. The maximum absolute atomic E-state index is 5.18. The summed E-state index contributed by atoms with van der Waals surface area (Å²) in [5.74, 6) is 1.58. The van der Waals surface area contributed by atoms with Crippen LogP contribution in [0.2, 0.25) is 0 Å². The van der Waals surface area contributed by atoms with Crippen LogP contribution in [-0.2, 0) is 6.42 Å². The first-order valence-electron chi connectivity index (χ1n) is 8.86. The number of ether oxygens (including phenoxy) is 1. The van der Waals surface area contributed by atoms with E-state index in [4.69, 9.17) is 4.74 Å². The Balaban J connectivity index is 1.33. The van der Waals surface area contributed by atoms with E-state index in [-0.39, 0.29) is 0 Å². The van der Waals surface area contributed by atoms with Crippen LogP contribution < -0.4 is 10.1 Å². The highest BCUT2D eigenvalue weighted by Gasteiger charge is 2.07. The second-order valence-corrected chi connectivity index (χ2v) is 6.99. The fraction of sp³-hybridized carbons (Fsp3) is 0.190. The Labute approximate surface area is 162 Å². The number of anilines is 1. The van der Waals surface area contributed by atoms with Crippen molar-refractivity contribution in [2.24, 2.45) is 0 Å². The molecule has 0 radical (unpaired) electrons. The number of hydrogen-bond acceptors (Lipinski definition) is 6. The highest BCUT2D eigenvalue weighted by molar-refractivity contribution is 7.09. The lowest BCUT2D eigenvalue weighted by atomic mass is 10.1. The van der Waals surface area contributed by atoms with Gasteiger partial charge in [0, 0.05) is 29.9 Å². The maximum Gasteiger partial charge on any atom is 0.235 e. The molecule has 2 aromatic heterocycles. The van der Waals surface area contributed by atoms with Crippen LogP contribution in [0.15, 0.2) is 60.9 Å². The summed E-state index contributed by atoms with van der Waals surface area (Å²) in [6, 6.07) is 16.5. The molecule has 0 fully saturated rings. The first-order chi connectivity index (χ1) is 13.3. The molecule has 5 nitrogen and oxygen atoms in total. The van der Waals surface area contributed by atoms with Crippen molar-refractivity contribution in [3.05, 3.63) is 66.5 Å². The number of aromatic nitrogens is 3. The van der Waals surface area contributed by atoms with E-state index in [1.54, 1.807) is 7.11 Å². The molecule has 0 saturated carbocycles. The zero-order chi connectivity index (χ0) is 18.5. The van der Waals surface area contributed by atoms with Crippen LogP contribution in [-0.4, -0.2) is 28.0 Å². The molecule has 0 aliphatic carbocycles. The minimum atomic E-state index is 0.694. The van der Waals surface area contributed by atoms with Crippen LogP contribution in [0.5, 0.6) is 5.75 Å². The summed E-state index contributed by atoms with van der Waals surface area (Å²) in [6.45, 7) is 0.839. The average Bonchev–Trinajstić information content (AvgIpc) is 3.20. The molecule has 0 bridgehead atoms. The summed E-state index contributed by atoms with van der Waals surface area (Å²) in [5, 5.41) is 6.53. The zero-order valence-electron chi connectivity index (χ0n) is 15.1. The van der Waals surface area contributed by atoms with Gasteiger partial charge in [0.2, 0.25) is 5.95 Å². The number of hydrogen-bond donors (Lipinski definition) is 1. The molecule has 2 heterocycles. The van der Waals surface area contributed by atoms with Gasteiger partial charge in [0.1, 0.15) is 10.8 Å². The van der Waals surface area contributed by atoms with E-state index in [1.807, 2.05) is 30.6 Å². The zero-order valence-corrected chi connectivity index (χ0v) is 15.9. The molecule has 0 spiro atoms. The summed E-state index contributed by atoms with van der Waals surface area (Å²) < 4.78 is 9.61. The number of nitrogens with one attached hydrogen (secondary N) is 1. The highest BCUT2D eigenvalue weighted by atomic mass is 32.1. The average molecular weight is 376 g/mol. The largest absolute Gasteiger partial charge is 0.497 e. The Kier molecular flexibility index (Phi) is 5.25. The molecule has 4 rings (SSSR count). The molecule has 0 atom stereocenters. The van der Waals surface area contributed by atoms with Crippen molar-refractivity contribution in [3.63, 3.8) is 0 Å². The Hall–Kier alpha value is -2.99. The van der Waals surface area contributed by atoms with Crippen LogP contribution in [0.4, 0.5) is 5.95 Å². The van der Waals surface area contributed by atoms with Crippen LogP contribution in [0.3, 0.4) is 0 Å². The normalized spacial score (nSPS) is 10.9. The molecule has 4 aromatic rings. The van der Waals surface area contributed by atoms with E-state index < -0.39 is 0 Å². The predicted octanol–water partition coefficient (Wildman–Crippen LogP) is 4.81. The number of methoxy groups -OCH3 is 1. The van der Waals surface area contributed by atoms with Gasteiger partial charge in [0.05, 0.1) is 7.11 Å². The predicted molar refractivity (Wildman–Crippen MR) is 110 cm³/mol. The van der Waals surface area contributed by atoms with E-state index in [9.17, 15) is 0 Å². The second-order valence-electron chi connectivity index (χ2n) is 6.24. The molecule has 0 unspecified atom stereocenters. The molecule has 27 heavy (non-hydrogen) atoms. The Bertz CT molecular complexity index is 1030. The third-order valence-corrected chi connectivity index (χ3v) is 5.16. The topological polar surface area (TPSA) is 59.9 Å². The Morgan fingerprint density at radius 1 is 1.04 bits per heavy atom. The van der Waals surface area contributed by atoms with Gasteiger partial charge in [0.25, 0.3) is 0 Å². The quantitative estimate of drug-likeness (QED) is 0.469. The van der Waals surface area contributed by atoms with Crippen molar-refractivity contribution in [1.82, 2.24) is 14.3 Å². The van der Waals surface area contributed by atoms with Gasteiger partial charge in [-0.2, -0.15) is 9.36 Å². The molecule has 2 aromatic carbocycles. The van der Waals surface area contributed by atoms with Crippen LogP contribution in [0.1, 0.15) is 12.0 Å². The molecule has 1 N–H and O–H groups in total. The third kappa shape index (κ3) is 4.23. The second kappa shape index (κ2) is 8.14. The van der Waals surface area contributed by atoms with Gasteiger partial charge in [0.15, 0.2) is 0 Å². The number of fused-ring (bicyclic) bond motifs is 1.